The fraction of sp³-hybridized carbons (Fsp3) is 0.500. The van der Waals surface area contributed by atoms with Gasteiger partial charge < -0.3 is 20.2 Å². The number of carbonyl (C=O) groups is 3. The number of amides is 3. The summed E-state index contributed by atoms with van der Waals surface area (Å²) in [5.74, 6) is -5.44. The van der Waals surface area contributed by atoms with Crippen LogP contribution >= 0.6 is 0 Å². The van der Waals surface area contributed by atoms with Crippen molar-refractivity contribution in [2.24, 2.45) is 11.8 Å². The number of halogens is 3. The first-order valence-electron chi connectivity index (χ1n) is 8.84. The van der Waals surface area contributed by atoms with Gasteiger partial charge in [0.2, 0.25) is 5.91 Å². The maximum absolute atomic E-state index is 13.1. The van der Waals surface area contributed by atoms with Gasteiger partial charge in [-0.05, 0) is 36.6 Å². The SMILES string of the molecule is CC(=O)N1CCCc2cc(NC(=O)N3C[C@@H](C(F)(F)F)[C@H](C(=O)O)C3)ccc21. The number of aryl methyl sites for hydroxylation is 1. The number of likely N-dealkylation sites (tertiary alicyclic amines) is 1. The molecule has 0 spiro atoms. The Morgan fingerprint density at radius 1 is 1.21 bits per heavy atom. The van der Waals surface area contributed by atoms with Gasteiger partial charge in [0.25, 0.3) is 0 Å². The number of aliphatic carboxylic acids is 1. The molecular formula is C18H20F3N3O4. The molecule has 0 aromatic heterocycles. The highest BCUT2D eigenvalue weighted by atomic mass is 19.4. The minimum Gasteiger partial charge on any atom is -0.481 e. The molecule has 1 saturated heterocycles. The molecule has 3 rings (SSSR count). The maximum atomic E-state index is 13.1. The molecule has 2 N–H and O–H groups in total. The summed E-state index contributed by atoms with van der Waals surface area (Å²) in [6.07, 6.45) is -3.21. The number of alkyl halides is 3. The molecule has 0 saturated carbocycles. The first-order chi connectivity index (χ1) is 13.1. The monoisotopic (exact) mass is 399 g/mol. The minimum atomic E-state index is -4.69. The van der Waals surface area contributed by atoms with Crippen LogP contribution in [0.1, 0.15) is 18.9 Å². The fourth-order valence-corrected chi connectivity index (χ4v) is 3.76. The molecule has 10 heteroatoms. The van der Waals surface area contributed by atoms with E-state index in [0.29, 0.717) is 18.7 Å². The van der Waals surface area contributed by atoms with E-state index in [0.717, 1.165) is 22.6 Å². The van der Waals surface area contributed by atoms with Crippen LogP contribution in [-0.2, 0) is 16.0 Å². The quantitative estimate of drug-likeness (QED) is 0.800. The Morgan fingerprint density at radius 3 is 2.50 bits per heavy atom. The van der Waals surface area contributed by atoms with Crippen molar-refractivity contribution in [3.63, 3.8) is 0 Å². The molecule has 28 heavy (non-hydrogen) atoms. The molecule has 1 fully saturated rings. The van der Waals surface area contributed by atoms with Gasteiger partial charge in [-0.15, -0.1) is 0 Å². The molecule has 2 aliphatic heterocycles. The second-order valence-corrected chi connectivity index (χ2v) is 7.05. The van der Waals surface area contributed by atoms with E-state index in [4.69, 9.17) is 5.11 Å². The summed E-state index contributed by atoms with van der Waals surface area (Å²) >= 11 is 0. The first kappa shape index (κ1) is 20.0. The number of rotatable bonds is 2. The second kappa shape index (κ2) is 7.33. The van der Waals surface area contributed by atoms with Gasteiger partial charge in [0, 0.05) is 37.9 Å². The van der Waals surface area contributed by atoms with E-state index in [1.165, 1.54) is 6.92 Å². The molecule has 2 atom stereocenters. The third-order valence-corrected chi connectivity index (χ3v) is 5.17. The predicted molar refractivity (Wildman–Crippen MR) is 94.1 cm³/mol. The van der Waals surface area contributed by atoms with E-state index in [1.807, 2.05) is 0 Å². The number of hydrogen-bond donors (Lipinski definition) is 2. The Kier molecular flexibility index (Phi) is 5.22. The van der Waals surface area contributed by atoms with Crippen LogP contribution in [0, 0.1) is 11.8 Å². The van der Waals surface area contributed by atoms with Crippen LogP contribution < -0.4 is 10.2 Å². The van der Waals surface area contributed by atoms with E-state index in [1.54, 1.807) is 23.1 Å². The topological polar surface area (TPSA) is 90.0 Å². The Labute approximate surface area is 159 Å². The summed E-state index contributed by atoms with van der Waals surface area (Å²) in [5, 5.41) is 11.6. The number of benzene rings is 1. The molecule has 0 bridgehead atoms. The van der Waals surface area contributed by atoms with Gasteiger partial charge in [-0.2, -0.15) is 13.2 Å². The van der Waals surface area contributed by atoms with E-state index < -0.39 is 43.1 Å². The van der Waals surface area contributed by atoms with E-state index in [2.05, 4.69) is 5.32 Å². The van der Waals surface area contributed by atoms with Crippen molar-refractivity contribution in [3.8, 4) is 0 Å². The van der Waals surface area contributed by atoms with Crippen molar-refractivity contribution >= 4 is 29.3 Å². The number of fused-ring (bicyclic) bond motifs is 1. The van der Waals surface area contributed by atoms with Crippen LogP contribution in [-0.4, -0.2) is 53.7 Å². The van der Waals surface area contributed by atoms with E-state index in [9.17, 15) is 27.6 Å². The number of hydrogen-bond acceptors (Lipinski definition) is 3. The van der Waals surface area contributed by atoms with E-state index >= 15 is 0 Å². The number of carboxylic acids is 1. The first-order valence-corrected chi connectivity index (χ1v) is 8.84. The zero-order chi connectivity index (χ0) is 20.6. The van der Waals surface area contributed by atoms with Crippen molar-refractivity contribution in [2.75, 3.05) is 29.9 Å². The molecule has 7 nitrogen and oxygen atoms in total. The summed E-state index contributed by atoms with van der Waals surface area (Å²) in [7, 11) is 0. The van der Waals surface area contributed by atoms with Crippen LogP contribution in [0.4, 0.5) is 29.3 Å². The van der Waals surface area contributed by atoms with Crippen molar-refractivity contribution in [3.05, 3.63) is 23.8 Å². The molecule has 0 unspecified atom stereocenters. The fourth-order valence-electron chi connectivity index (χ4n) is 3.76. The van der Waals surface area contributed by atoms with Gasteiger partial charge >= 0.3 is 18.2 Å². The summed E-state index contributed by atoms with van der Waals surface area (Å²) in [6, 6.07) is 4.17. The normalized spacial score (nSPS) is 22.0. The average molecular weight is 399 g/mol. The summed E-state index contributed by atoms with van der Waals surface area (Å²) < 4.78 is 39.2. The van der Waals surface area contributed by atoms with Gasteiger partial charge in [0.1, 0.15) is 0 Å². The molecule has 2 heterocycles. The van der Waals surface area contributed by atoms with Crippen LogP contribution in [0.25, 0.3) is 0 Å². The number of urea groups is 1. The van der Waals surface area contributed by atoms with Crippen molar-refractivity contribution in [2.45, 2.75) is 25.9 Å². The largest absolute Gasteiger partial charge is 0.481 e. The Balaban J connectivity index is 1.73. The predicted octanol–water partition coefficient (Wildman–Crippen LogP) is 2.71. The standard InChI is InChI=1S/C18H20F3N3O4/c1-10(25)24-6-2-3-11-7-12(4-5-15(11)24)22-17(28)23-8-13(16(26)27)14(9-23)18(19,20)21/h4-5,7,13-14H,2-3,6,8-9H2,1H3,(H,22,28)(H,26,27)/t13-,14-/m1/s1. The second-order valence-electron chi connectivity index (χ2n) is 7.05. The molecule has 2 aliphatic rings. The summed E-state index contributed by atoms with van der Waals surface area (Å²) in [6.45, 7) is 0.870. The molecule has 3 amide bonds. The van der Waals surface area contributed by atoms with Crippen LogP contribution in [0.3, 0.4) is 0 Å². The lowest BCUT2D eigenvalue weighted by atomic mass is 9.96. The smallest absolute Gasteiger partial charge is 0.394 e. The molecule has 1 aromatic carbocycles. The average Bonchev–Trinajstić information content (AvgIpc) is 3.07. The molecule has 0 radical (unpaired) electrons. The molecule has 1 aromatic rings. The molecular weight excluding hydrogens is 379 g/mol. The Morgan fingerprint density at radius 2 is 1.93 bits per heavy atom. The number of carboxylic acid groups (broad SMARTS) is 1. The lowest BCUT2D eigenvalue weighted by Crippen LogP contribution is -2.35. The molecule has 0 aliphatic carbocycles. The highest BCUT2D eigenvalue weighted by molar-refractivity contribution is 5.94. The van der Waals surface area contributed by atoms with Gasteiger partial charge in [0.05, 0.1) is 11.8 Å². The van der Waals surface area contributed by atoms with Crippen molar-refractivity contribution in [1.29, 1.82) is 0 Å². The highest BCUT2D eigenvalue weighted by Gasteiger charge is 2.53. The van der Waals surface area contributed by atoms with Gasteiger partial charge in [-0.1, -0.05) is 0 Å². The summed E-state index contributed by atoms with van der Waals surface area (Å²) in [5.41, 5.74) is 2.00. The van der Waals surface area contributed by atoms with Crippen LogP contribution in [0.5, 0.6) is 0 Å². The number of nitrogens with one attached hydrogen (secondary N) is 1. The Bertz CT molecular complexity index is 812. The van der Waals surface area contributed by atoms with Crippen LogP contribution in [0.15, 0.2) is 18.2 Å². The minimum absolute atomic E-state index is 0.0901. The molecule has 152 valence electrons. The number of anilines is 2. The van der Waals surface area contributed by atoms with Gasteiger partial charge in [0.15, 0.2) is 0 Å². The van der Waals surface area contributed by atoms with Crippen LogP contribution in [0.2, 0.25) is 0 Å². The van der Waals surface area contributed by atoms with Gasteiger partial charge in [-0.3, -0.25) is 9.59 Å². The number of carbonyl (C=O) groups excluding carboxylic acids is 2. The summed E-state index contributed by atoms with van der Waals surface area (Å²) in [4.78, 5) is 37.7. The zero-order valence-electron chi connectivity index (χ0n) is 15.1. The lowest BCUT2D eigenvalue weighted by Gasteiger charge is -2.29. The van der Waals surface area contributed by atoms with E-state index in [-0.39, 0.29) is 5.91 Å². The highest BCUT2D eigenvalue weighted by Crippen LogP contribution is 2.38. The van der Waals surface area contributed by atoms with Gasteiger partial charge in [-0.25, -0.2) is 4.79 Å². The lowest BCUT2D eigenvalue weighted by molar-refractivity contribution is -0.187. The van der Waals surface area contributed by atoms with Crippen molar-refractivity contribution in [1.82, 2.24) is 4.90 Å². The number of nitrogens with zero attached hydrogens (tertiary/aromatic N) is 2. The maximum Gasteiger partial charge on any atom is 0.394 e. The zero-order valence-corrected chi connectivity index (χ0v) is 15.1. The third kappa shape index (κ3) is 3.90. The van der Waals surface area contributed by atoms with Crippen molar-refractivity contribution < 1.29 is 32.7 Å². The third-order valence-electron chi connectivity index (χ3n) is 5.17. The Hall–Kier alpha value is -2.78.